The molecule has 0 aromatic heterocycles. The number of hydrogen-bond acceptors (Lipinski definition) is 2. The molecule has 3 atom stereocenters. The summed E-state index contributed by atoms with van der Waals surface area (Å²) in [5, 5.41) is 2.76. The molecule has 0 bridgehead atoms. The van der Waals surface area contributed by atoms with Crippen LogP contribution in [0.5, 0.6) is 0 Å². The number of hydrogen-bond donors (Lipinski definition) is 1. The summed E-state index contributed by atoms with van der Waals surface area (Å²) in [6, 6.07) is -3.58. The monoisotopic (exact) mass is 238 g/mol. The molecule has 0 radical (unpaired) electrons. The standard InChI is InChI=1S/C13H21N.C2H2O/c1-10(2)8-12-6-5-7-13(14-12)9-11(3)4;1-2-3-1/h5-6,12-14H,1,3,7-9H2,2,4H3;1-2H/i5D,6D,7D,12D,13D;. The zero-order valence-corrected chi connectivity index (χ0v) is 10.5. The lowest BCUT2D eigenvalue weighted by molar-refractivity contribution is 0.445. The maximum atomic E-state index is 8.33. The summed E-state index contributed by atoms with van der Waals surface area (Å²) in [5.74, 6) is 0. The smallest absolute Gasteiger partial charge is 0.125 e. The Hall–Kier alpha value is -1.28. The minimum atomic E-state index is -1.56. The predicted molar refractivity (Wildman–Crippen MR) is 73.6 cm³/mol. The van der Waals surface area contributed by atoms with Crippen LogP contribution in [0.4, 0.5) is 0 Å². The van der Waals surface area contributed by atoms with E-state index in [2.05, 4.69) is 23.2 Å². The second kappa shape index (κ2) is 7.13. The van der Waals surface area contributed by atoms with Gasteiger partial charge in [-0.2, -0.15) is 0 Å². The van der Waals surface area contributed by atoms with Crippen LogP contribution in [0.3, 0.4) is 0 Å². The highest BCUT2D eigenvalue weighted by Gasteiger charge is 2.16. The van der Waals surface area contributed by atoms with Crippen LogP contribution < -0.4 is 5.32 Å². The molecular formula is C15H23NO. The van der Waals surface area contributed by atoms with Crippen LogP contribution >= 0.6 is 0 Å². The van der Waals surface area contributed by atoms with E-state index in [1.165, 1.54) is 0 Å². The third-order valence-corrected chi connectivity index (χ3v) is 1.89. The summed E-state index contributed by atoms with van der Waals surface area (Å²) in [5.41, 5.74) is 1.40. The molecule has 0 saturated heterocycles. The van der Waals surface area contributed by atoms with Crippen molar-refractivity contribution in [1.29, 1.82) is 0 Å². The van der Waals surface area contributed by atoms with Gasteiger partial charge in [0.1, 0.15) is 12.5 Å². The summed E-state index contributed by atoms with van der Waals surface area (Å²) in [4.78, 5) is 0. The molecule has 0 saturated carbocycles. The molecule has 1 N–H and O–H groups in total. The van der Waals surface area contributed by atoms with Gasteiger partial charge in [-0.15, -0.1) is 13.2 Å². The minimum Gasteiger partial charge on any atom is -0.466 e. The van der Waals surface area contributed by atoms with Gasteiger partial charge in [0.05, 0.1) is 4.11 Å². The molecule has 2 rings (SSSR count). The molecule has 17 heavy (non-hydrogen) atoms. The fourth-order valence-corrected chi connectivity index (χ4v) is 1.28. The molecular weight excluding hydrogens is 210 g/mol. The number of ether oxygens (including phenoxy) is 1. The second-order valence-corrected chi connectivity index (χ2v) is 4.22. The SMILES string of the molecule is C1=CO1.[2H]C1=C([2H])C([2H])(CC(=C)C)NC([2H])(CC(=C)C)C1[2H]. The summed E-state index contributed by atoms with van der Waals surface area (Å²) < 4.78 is 44.6. The summed E-state index contributed by atoms with van der Waals surface area (Å²) in [6.45, 7) is 11.0. The van der Waals surface area contributed by atoms with Crippen LogP contribution in [0.25, 0.3) is 0 Å². The summed E-state index contributed by atoms with van der Waals surface area (Å²) in [6.07, 6.45) is 2.38. The van der Waals surface area contributed by atoms with E-state index in [0.717, 1.165) is 0 Å². The van der Waals surface area contributed by atoms with Crippen LogP contribution in [0.2, 0.25) is 0 Å². The van der Waals surface area contributed by atoms with Crippen molar-refractivity contribution in [3.63, 3.8) is 0 Å². The molecule has 0 aliphatic carbocycles. The second-order valence-electron chi connectivity index (χ2n) is 4.22. The highest BCUT2D eigenvalue weighted by molar-refractivity contribution is 5.09. The molecule has 2 heteroatoms. The Balaban J connectivity index is 0.000000714. The zero-order chi connectivity index (χ0) is 17.1. The van der Waals surface area contributed by atoms with E-state index in [-0.39, 0.29) is 24.9 Å². The normalized spacial score (nSPS) is 42.7. The molecule has 0 fully saturated rings. The van der Waals surface area contributed by atoms with Crippen LogP contribution in [0, 0.1) is 0 Å². The van der Waals surface area contributed by atoms with E-state index in [1.807, 2.05) is 0 Å². The van der Waals surface area contributed by atoms with Crippen molar-refractivity contribution in [3.05, 3.63) is 48.9 Å². The average Bonchev–Trinajstić information content (AvgIpc) is 3.20. The Bertz CT molecular complexity index is 526. The Morgan fingerprint density at radius 3 is 2.53 bits per heavy atom. The maximum absolute atomic E-state index is 8.33. The van der Waals surface area contributed by atoms with Crippen LogP contribution in [0.1, 0.15) is 39.9 Å². The Morgan fingerprint density at radius 1 is 1.47 bits per heavy atom. The Labute approximate surface area is 112 Å². The van der Waals surface area contributed by atoms with Gasteiger partial charge in [-0.25, -0.2) is 0 Å². The van der Waals surface area contributed by atoms with Gasteiger partial charge in [0.15, 0.2) is 0 Å². The molecule has 0 spiro atoms. The Morgan fingerprint density at radius 2 is 2.06 bits per heavy atom. The first kappa shape index (κ1) is 7.93. The van der Waals surface area contributed by atoms with E-state index >= 15 is 0 Å². The van der Waals surface area contributed by atoms with Crippen molar-refractivity contribution in [3.8, 4) is 0 Å². The molecule has 2 aliphatic rings. The maximum Gasteiger partial charge on any atom is 0.125 e. The van der Waals surface area contributed by atoms with Gasteiger partial charge in [-0.3, -0.25) is 0 Å². The molecule has 94 valence electrons. The van der Waals surface area contributed by atoms with E-state index in [9.17, 15) is 0 Å². The van der Waals surface area contributed by atoms with Gasteiger partial charge in [-0.1, -0.05) is 23.3 Å². The van der Waals surface area contributed by atoms with Crippen LogP contribution in [-0.4, -0.2) is 12.0 Å². The van der Waals surface area contributed by atoms with Crippen molar-refractivity contribution in [2.24, 2.45) is 0 Å². The van der Waals surface area contributed by atoms with Gasteiger partial charge in [-0.05, 0) is 33.1 Å². The van der Waals surface area contributed by atoms with E-state index < -0.39 is 18.4 Å². The first-order valence-corrected chi connectivity index (χ1v) is 5.50. The highest BCUT2D eigenvalue weighted by Crippen LogP contribution is 2.15. The molecule has 0 aromatic carbocycles. The van der Waals surface area contributed by atoms with Gasteiger partial charge in [0.2, 0.25) is 0 Å². The molecule has 3 unspecified atom stereocenters. The van der Waals surface area contributed by atoms with Gasteiger partial charge >= 0.3 is 0 Å². The first-order chi connectivity index (χ1) is 10.0. The number of nitrogens with one attached hydrogen (secondary N) is 1. The molecule has 0 aromatic rings. The van der Waals surface area contributed by atoms with Gasteiger partial charge in [0, 0.05) is 14.8 Å². The Kier molecular flexibility index (Phi) is 3.33. The van der Waals surface area contributed by atoms with Crippen molar-refractivity contribution in [1.82, 2.24) is 5.32 Å². The molecule has 2 nitrogen and oxygen atoms in total. The lowest BCUT2D eigenvalue weighted by Gasteiger charge is -2.27. The van der Waals surface area contributed by atoms with Crippen molar-refractivity contribution in [2.75, 3.05) is 0 Å². The fraction of sp³-hybridized carbons (Fsp3) is 0.467. The zero-order valence-electron chi connectivity index (χ0n) is 15.5. The van der Waals surface area contributed by atoms with Crippen LogP contribution in [0.15, 0.2) is 48.9 Å². The number of rotatable bonds is 4. The third kappa shape index (κ3) is 7.58. The first-order valence-electron chi connectivity index (χ1n) is 8.08. The average molecular weight is 238 g/mol. The van der Waals surface area contributed by atoms with Crippen LogP contribution in [-0.2, 0) is 4.74 Å². The van der Waals surface area contributed by atoms with E-state index in [4.69, 9.17) is 6.85 Å². The summed E-state index contributed by atoms with van der Waals surface area (Å²) >= 11 is 0. The topological polar surface area (TPSA) is 24.6 Å². The lowest BCUT2D eigenvalue weighted by Crippen LogP contribution is -2.39. The quantitative estimate of drug-likeness (QED) is 0.755. The van der Waals surface area contributed by atoms with Crippen molar-refractivity contribution in [2.45, 2.75) is 45.1 Å². The minimum absolute atomic E-state index is 0.151. The summed E-state index contributed by atoms with van der Waals surface area (Å²) in [7, 11) is 0. The van der Waals surface area contributed by atoms with Gasteiger partial charge in [0.25, 0.3) is 0 Å². The molecule has 2 heterocycles. The van der Waals surface area contributed by atoms with Crippen molar-refractivity contribution < 1.29 is 11.6 Å². The van der Waals surface area contributed by atoms with E-state index in [1.54, 1.807) is 26.4 Å². The fourth-order valence-electron chi connectivity index (χ4n) is 1.28. The molecule has 2 aliphatic heterocycles. The predicted octanol–water partition coefficient (Wildman–Crippen LogP) is 3.69. The largest absolute Gasteiger partial charge is 0.466 e. The highest BCUT2D eigenvalue weighted by atomic mass is 16.5. The molecule has 0 amide bonds. The van der Waals surface area contributed by atoms with Gasteiger partial charge < -0.3 is 10.1 Å². The lowest BCUT2D eigenvalue weighted by atomic mass is 9.97. The van der Waals surface area contributed by atoms with E-state index in [0.29, 0.717) is 11.1 Å². The van der Waals surface area contributed by atoms with Crippen molar-refractivity contribution >= 4 is 0 Å². The third-order valence-electron chi connectivity index (χ3n) is 1.89.